The number of hydrogen-bond acceptors (Lipinski definition) is 8. The van der Waals surface area contributed by atoms with E-state index in [-0.39, 0.29) is 5.56 Å². The van der Waals surface area contributed by atoms with Gasteiger partial charge < -0.3 is 20.4 Å². The molecule has 11 nitrogen and oxygen atoms in total. The fourth-order valence-corrected chi connectivity index (χ4v) is 6.07. The van der Waals surface area contributed by atoms with Gasteiger partial charge in [-0.3, -0.25) is 9.36 Å². The number of benzene rings is 1. The second-order valence-electron chi connectivity index (χ2n) is 12.2. The Morgan fingerprint density at radius 2 is 1.86 bits per heavy atom. The molecule has 3 N–H and O–H groups in total. The molecule has 0 bridgehead atoms. The molecule has 226 valence electrons. The highest BCUT2D eigenvalue weighted by Crippen LogP contribution is 2.35. The van der Waals surface area contributed by atoms with Crippen LogP contribution < -0.4 is 16.6 Å². The van der Waals surface area contributed by atoms with E-state index in [2.05, 4.69) is 39.9 Å². The Balaban J connectivity index is 1.45. The van der Waals surface area contributed by atoms with Crippen molar-refractivity contribution in [3.05, 3.63) is 95.2 Å². The molecule has 0 saturated heterocycles. The quantitative estimate of drug-likeness (QED) is 0.151. The van der Waals surface area contributed by atoms with Crippen molar-refractivity contribution >= 4 is 36.3 Å². The average molecular weight is 608 g/mol. The Morgan fingerprint density at radius 3 is 2.61 bits per heavy atom. The molecule has 0 aliphatic carbocycles. The molecule has 5 heterocycles. The molecule has 1 aromatic carbocycles. The van der Waals surface area contributed by atoms with Crippen molar-refractivity contribution in [1.82, 2.24) is 33.7 Å². The monoisotopic (exact) mass is 607 g/mol. The number of nitrogen functional groups attached to an aromatic ring is 1. The van der Waals surface area contributed by atoms with Crippen LogP contribution >= 0.6 is 0 Å². The first-order valence-corrected chi connectivity index (χ1v) is 18.4. The number of fused-ring (bicyclic) bond motifs is 2. The van der Waals surface area contributed by atoms with Crippen molar-refractivity contribution in [2.75, 3.05) is 17.7 Å². The third-order valence-corrected chi connectivity index (χ3v) is 9.34. The SMILES string of the molecule is Cc1ccn2nc(C(C)Nc3ncnc4c3c(-c3ccnc(N)c3)cn4COCC[Si](C)(C)C)n(-c3ccccc3)c(=O)c12. The molecule has 5 aromatic heterocycles. The van der Waals surface area contributed by atoms with Crippen LogP contribution in [0, 0.1) is 6.92 Å². The largest absolute Gasteiger partial charge is 0.384 e. The molecule has 6 rings (SSSR count). The summed E-state index contributed by atoms with van der Waals surface area (Å²) in [5.74, 6) is 1.56. The topological polar surface area (TPSA) is 130 Å². The van der Waals surface area contributed by atoms with Crippen LogP contribution in [-0.2, 0) is 11.5 Å². The maximum absolute atomic E-state index is 13.9. The summed E-state index contributed by atoms with van der Waals surface area (Å²) >= 11 is 0. The van der Waals surface area contributed by atoms with E-state index in [0.29, 0.717) is 36.3 Å². The van der Waals surface area contributed by atoms with Crippen LogP contribution in [-0.4, -0.2) is 48.4 Å². The number of ether oxygens (including phenoxy) is 1. The van der Waals surface area contributed by atoms with Crippen molar-refractivity contribution in [3.63, 3.8) is 0 Å². The molecule has 0 amide bonds. The summed E-state index contributed by atoms with van der Waals surface area (Å²) in [7, 11) is -1.23. The van der Waals surface area contributed by atoms with Gasteiger partial charge in [-0.2, -0.15) is 5.10 Å². The maximum Gasteiger partial charge on any atom is 0.282 e. The van der Waals surface area contributed by atoms with Crippen LogP contribution in [0.4, 0.5) is 11.6 Å². The molecular weight excluding hydrogens is 570 g/mol. The molecule has 0 spiro atoms. The second kappa shape index (κ2) is 11.7. The van der Waals surface area contributed by atoms with Crippen LogP contribution in [0.15, 0.2) is 78.2 Å². The van der Waals surface area contributed by atoms with Crippen molar-refractivity contribution < 1.29 is 4.74 Å². The number of nitrogens with one attached hydrogen (secondary N) is 1. The Hall–Kier alpha value is -4.81. The van der Waals surface area contributed by atoms with Gasteiger partial charge in [-0.1, -0.05) is 37.8 Å². The number of rotatable bonds is 10. The van der Waals surface area contributed by atoms with Gasteiger partial charge in [0.15, 0.2) is 5.82 Å². The Kier molecular flexibility index (Phi) is 7.78. The lowest BCUT2D eigenvalue weighted by atomic mass is 10.1. The smallest absolute Gasteiger partial charge is 0.282 e. The van der Waals surface area contributed by atoms with Gasteiger partial charge in [0, 0.05) is 38.8 Å². The van der Waals surface area contributed by atoms with Crippen LogP contribution in [0.5, 0.6) is 0 Å². The normalized spacial score (nSPS) is 12.7. The first-order chi connectivity index (χ1) is 21.1. The van der Waals surface area contributed by atoms with Crippen molar-refractivity contribution in [2.45, 2.75) is 52.3 Å². The molecule has 0 radical (unpaired) electrons. The van der Waals surface area contributed by atoms with E-state index in [1.54, 1.807) is 15.3 Å². The highest BCUT2D eigenvalue weighted by Gasteiger charge is 2.23. The number of hydrogen-bond donors (Lipinski definition) is 2. The summed E-state index contributed by atoms with van der Waals surface area (Å²) in [6.45, 7) is 11.9. The average Bonchev–Trinajstić information content (AvgIpc) is 3.56. The summed E-state index contributed by atoms with van der Waals surface area (Å²) in [6.07, 6.45) is 7.06. The summed E-state index contributed by atoms with van der Waals surface area (Å²) < 4.78 is 11.4. The molecular formula is C32H37N9O2Si. The zero-order valence-electron chi connectivity index (χ0n) is 25.7. The summed E-state index contributed by atoms with van der Waals surface area (Å²) in [5.41, 5.74) is 10.6. The minimum atomic E-state index is -1.23. The Bertz CT molecular complexity index is 2010. The van der Waals surface area contributed by atoms with E-state index in [0.717, 1.165) is 39.5 Å². The molecule has 6 aromatic rings. The number of nitrogens with zero attached hydrogens (tertiary/aromatic N) is 7. The van der Waals surface area contributed by atoms with Crippen molar-refractivity contribution in [2.24, 2.45) is 0 Å². The lowest BCUT2D eigenvalue weighted by molar-refractivity contribution is 0.0899. The van der Waals surface area contributed by atoms with Gasteiger partial charge in [0.1, 0.15) is 35.9 Å². The predicted octanol–water partition coefficient (Wildman–Crippen LogP) is 5.67. The van der Waals surface area contributed by atoms with Gasteiger partial charge in [-0.15, -0.1) is 0 Å². The van der Waals surface area contributed by atoms with Crippen LogP contribution in [0.3, 0.4) is 0 Å². The third-order valence-electron chi connectivity index (χ3n) is 7.64. The molecule has 0 aliphatic rings. The number of anilines is 2. The number of pyridine rings is 1. The molecule has 12 heteroatoms. The van der Waals surface area contributed by atoms with Crippen LogP contribution in [0.1, 0.15) is 24.4 Å². The van der Waals surface area contributed by atoms with E-state index < -0.39 is 14.1 Å². The lowest BCUT2D eigenvalue weighted by Crippen LogP contribution is -2.29. The van der Waals surface area contributed by atoms with E-state index in [1.807, 2.05) is 79.3 Å². The molecule has 1 unspecified atom stereocenters. The zero-order chi connectivity index (χ0) is 31.0. The molecule has 0 aliphatic heterocycles. The first kappa shape index (κ1) is 29.3. The van der Waals surface area contributed by atoms with Gasteiger partial charge in [0.05, 0.1) is 17.1 Å². The lowest BCUT2D eigenvalue weighted by Gasteiger charge is -2.20. The van der Waals surface area contributed by atoms with Gasteiger partial charge in [-0.05, 0) is 61.4 Å². The molecule has 44 heavy (non-hydrogen) atoms. The highest BCUT2D eigenvalue weighted by molar-refractivity contribution is 6.76. The zero-order valence-corrected chi connectivity index (χ0v) is 26.7. The Labute approximate surface area is 256 Å². The van der Waals surface area contributed by atoms with Crippen molar-refractivity contribution in [1.29, 1.82) is 0 Å². The predicted molar refractivity (Wildman–Crippen MR) is 177 cm³/mol. The highest BCUT2D eigenvalue weighted by atomic mass is 28.3. The standard InChI is InChI=1S/C32H37N9O2Si/c1-21-12-14-40-28(21)32(42)41(24-9-7-6-8-10-24)30(38-40)22(2)37-29-27-25(23-11-13-34-26(33)17-23)18-39(31(27)36-19-35-29)20-43-15-16-44(3,4)5/h6-14,17-19,22H,15-16,20H2,1-5H3,(H2,33,34)(H,35,36,37). The summed E-state index contributed by atoms with van der Waals surface area (Å²) in [6, 6.07) is 15.9. The van der Waals surface area contributed by atoms with Crippen molar-refractivity contribution in [3.8, 4) is 16.8 Å². The summed E-state index contributed by atoms with van der Waals surface area (Å²) in [4.78, 5) is 27.4. The minimum absolute atomic E-state index is 0.139. The number of aromatic nitrogens is 7. The van der Waals surface area contributed by atoms with Gasteiger partial charge >= 0.3 is 0 Å². The Morgan fingerprint density at radius 1 is 1.07 bits per heavy atom. The van der Waals surface area contributed by atoms with E-state index in [9.17, 15) is 4.79 Å². The number of nitrogens with two attached hydrogens (primary N) is 1. The summed E-state index contributed by atoms with van der Waals surface area (Å²) in [5, 5.41) is 9.27. The number of para-hydroxylation sites is 1. The fourth-order valence-electron chi connectivity index (χ4n) is 5.32. The molecule has 1 atom stereocenters. The van der Waals surface area contributed by atoms with E-state index in [1.165, 1.54) is 6.33 Å². The number of aryl methyl sites for hydroxylation is 1. The van der Waals surface area contributed by atoms with Gasteiger partial charge in [0.2, 0.25) is 0 Å². The molecule has 0 fully saturated rings. The van der Waals surface area contributed by atoms with Crippen LogP contribution in [0.25, 0.3) is 33.4 Å². The van der Waals surface area contributed by atoms with Gasteiger partial charge in [-0.25, -0.2) is 19.5 Å². The fraction of sp³-hybridized carbons (Fsp3) is 0.281. The van der Waals surface area contributed by atoms with E-state index in [4.69, 9.17) is 15.6 Å². The van der Waals surface area contributed by atoms with Gasteiger partial charge in [0.25, 0.3) is 5.56 Å². The van der Waals surface area contributed by atoms with Crippen LogP contribution in [0.2, 0.25) is 25.7 Å². The second-order valence-corrected chi connectivity index (χ2v) is 17.9. The molecule has 0 saturated carbocycles. The minimum Gasteiger partial charge on any atom is -0.384 e. The first-order valence-electron chi connectivity index (χ1n) is 14.7. The van der Waals surface area contributed by atoms with E-state index >= 15 is 0 Å². The maximum atomic E-state index is 13.9. The third kappa shape index (κ3) is 5.73.